The summed E-state index contributed by atoms with van der Waals surface area (Å²) >= 11 is 1.50. The third kappa shape index (κ3) is 3.02. The van der Waals surface area contributed by atoms with Gasteiger partial charge in [0, 0.05) is 5.69 Å². The lowest BCUT2D eigenvalue weighted by Crippen LogP contribution is -2.34. The Morgan fingerprint density at radius 3 is 2.72 bits per heavy atom. The minimum Gasteiger partial charge on any atom is -0.325 e. The molecule has 2 amide bonds. The lowest BCUT2D eigenvalue weighted by atomic mass is 10.2. The highest BCUT2D eigenvalue weighted by atomic mass is 32.2. The van der Waals surface area contributed by atoms with E-state index in [4.69, 9.17) is 5.26 Å². The van der Waals surface area contributed by atoms with E-state index in [0.29, 0.717) is 22.9 Å². The van der Waals surface area contributed by atoms with Crippen molar-refractivity contribution in [2.45, 2.75) is 0 Å². The number of carbonyl (C=O) groups excluding carboxylic acids is 2. The summed E-state index contributed by atoms with van der Waals surface area (Å²) in [4.78, 5) is 24.5. The molecule has 1 saturated heterocycles. The molecular weight excluding hydrogens is 250 g/mol. The predicted molar refractivity (Wildman–Crippen MR) is 68.8 cm³/mol. The van der Waals surface area contributed by atoms with Gasteiger partial charge in [-0.15, -0.1) is 11.8 Å². The van der Waals surface area contributed by atoms with Gasteiger partial charge in [-0.3, -0.25) is 9.59 Å². The number of amides is 2. The van der Waals surface area contributed by atoms with E-state index in [1.807, 2.05) is 6.07 Å². The molecule has 18 heavy (non-hydrogen) atoms. The lowest BCUT2D eigenvalue weighted by Gasteiger charge is -2.14. The normalized spacial score (nSPS) is 14.4. The Kier molecular flexibility index (Phi) is 3.85. The molecular formula is C12H11N3O2S. The molecule has 2 rings (SSSR count). The molecule has 0 unspecified atom stereocenters. The van der Waals surface area contributed by atoms with Crippen molar-refractivity contribution in [3.05, 3.63) is 29.8 Å². The standard InChI is InChI=1S/C12H11N3O2S/c13-5-9-1-3-10(4-2-9)14-11(16)6-15-8-18-7-12(15)17/h1-4H,6-8H2,(H,14,16). The number of benzene rings is 1. The molecule has 0 saturated carbocycles. The molecule has 1 fully saturated rings. The Morgan fingerprint density at radius 1 is 1.44 bits per heavy atom. The van der Waals surface area contributed by atoms with Gasteiger partial charge in [-0.2, -0.15) is 5.26 Å². The highest BCUT2D eigenvalue weighted by Crippen LogP contribution is 2.15. The molecule has 5 nitrogen and oxygen atoms in total. The number of hydrogen-bond donors (Lipinski definition) is 1. The highest BCUT2D eigenvalue weighted by Gasteiger charge is 2.22. The Morgan fingerprint density at radius 2 is 2.17 bits per heavy atom. The minimum absolute atomic E-state index is 0.00465. The van der Waals surface area contributed by atoms with E-state index in [-0.39, 0.29) is 18.4 Å². The van der Waals surface area contributed by atoms with E-state index in [2.05, 4.69) is 5.32 Å². The topological polar surface area (TPSA) is 73.2 Å². The lowest BCUT2D eigenvalue weighted by molar-refractivity contribution is -0.130. The van der Waals surface area contributed by atoms with E-state index >= 15 is 0 Å². The molecule has 1 N–H and O–H groups in total. The van der Waals surface area contributed by atoms with Gasteiger partial charge in [0.05, 0.1) is 23.3 Å². The minimum atomic E-state index is -0.226. The number of rotatable bonds is 3. The summed E-state index contributed by atoms with van der Waals surface area (Å²) in [6.07, 6.45) is 0. The van der Waals surface area contributed by atoms with Gasteiger partial charge in [0.2, 0.25) is 11.8 Å². The first kappa shape index (κ1) is 12.5. The van der Waals surface area contributed by atoms with Gasteiger partial charge in [-0.1, -0.05) is 0 Å². The molecule has 0 bridgehead atoms. The molecule has 1 aromatic carbocycles. The number of nitrogens with zero attached hydrogens (tertiary/aromatic N) is 2. The van der Waals surface area contributed by atoms with E-state index in [1.165, 1.54) is 16.7 Å². The molecule has 92 valence electrons. The second kappa shape index (κ2) is 5.56. The van der Waals surface area contributed by atoms with Gasteiger partial charge in [-0.05, 0) is 24.3 Å². The van der Waals surface area contributed by atoms with Gasteiger partial charge in [0.25, 0.3) is 0 Å². The van der Waals surface area contributed by atoms with Crippen LogP contribution < -0.4 is 5.32 Å². The number of nitrogens with one attached hydrogen (secondary N) is 1. The van der Waals surface area contributed by atoms with Crippen molar-refractivity contribution in [3.8, 4) is 6.07 Å². The molecule has 1 aromatic rings. The number of thioether (sulfide) groups is 1. The Hall–Kier alpha value is -2.00. The van der Waals surface area contributed by atoms with E-state index in [0.717, 1.165) is 0 Å². The SMILES string of the molecule is N#Cc1ccc(NC(=O)CN2CSCC2=O)cc1. The molecule has 1 aliphatic rings. The number of hydrogen-bond acceptors (Lipinski definition) is 4. The molecule has 1 heterocycles. The summed E-state index contributed by atoms with van der Waals surface area (Å²) < 4.78 is 0. The predicted octanol–water partition coefficient (Wildman–Crippen LogP) is 1.03. The number of carbonyl (C=O) groups is 2. The fraction of sp³-hybridized carbons (Fsp3) is 0.250. The molecule has 0 atom stereocenters. The maximum absolute atomic E-state index is 11.7. The third-order valence-corrected chi connectivity index (χ3v) is 3.40. The highest BCUT2D eigenvalue weighted by molar-refractivity contribution is 8.00. The number of nitriles is 1. The zero-order valence-corrected chi connectivity index (χ0v) is 10.4. The van der Waals surface area contributed by atoms with E-state index < -0.39 is 0 Å². The van der Waals surface area contributed by atoms with Crippen molar-refractivity contribution in [2.24, 2.45) is 0 Å². The van der Waals surface area contributed by atoms with Gasteiger partial charge >= 0.3 is 0 Å². The molecule has 0 aromatic heterocycles. The smallest absolute Gasteiger partial charge is 0.244 e. The second-order valence-corrected chi connectivity index (χ2v) is 4.76. The first-order chi connectivity index (χ1) is 8.69. The fourth-order valence-electron chi connectivity index (χ4n) is 1.54. The largest absolute Gasteiger partial charge is 0.325 e. The third-order valence-electron chi connectivity index (χ3n) is 2.46. The quantitative estimate of drug-likeness (QED) is 0.882. The van der Waals surface area contributed by atoms with Crippen LogP contribution in [0.4, 0.5) is 5.69 Å². The van der Waals surface area contributed by atoms with Crippen molar-refractivity contribution >= 4 is 29.3 Å². The van der Waals surface area contributed by atoms with Gasteiger partial charge < -0.3 is 10.2 Å². The Balaban J connectivity index is 1.90. The van der Waals surface area contributed by atoms with Crippen molar-refractivity contribution in [2.75, 3.05) is 23.5 Å². The van der Waals surface area contributed by atoms with E-state index in [1.54, 1.807) is 24.3 Å². The average Bonchev–Trinajstić information content (AvgIpc) is 2.76. The first-order valence-electron chi connectivity index (χ1n) is 5.34. The van der Waals surface area contributed by atoms with Crippen LogP contribution in [-0.2, 0) is 9.59 Å². The molecule has 1 aliphatic heterocycles. The maximum atomic E-state index is 11.7. The van der Waals surface area contributed by atoms with Crippen LogP contribution in [0.5, 0.6) is 0 Å². The maximum Gasteiger partial charge on any atom is 0.244 e. The Bertz CT molecular complexity index is 507. The van der Waals surface area contributed by atoms with Crippen LogP contribution in [0.3, 0.4) is 0 Å². The summed E-state index contributed by atoms with van der Waals surface area (Å²) in [7, 11) is 0. The Labute approximate surface area is 109 Å². The zero-order chi connectivity index (χ0) is 13.0. The first-order valence-corrected chi connectivity index (χ1v) is 6.50. The summed E-state index contributed by atoms with van der Waals surface area (Å²) in [5.74, 6) is 0.787. The summed E-state index contributed by atoms with van der Waals surface area (Å²) in [5.41, 5.74) is 1.16. The van der Waals surface area contributed by atoms with Crippen LogP contribution in [0.2, 0.25) is 0 Å². The number of anilines is 1. The van der Waals surface area contributed by atoms with Crippen LogP contribution in [-0.4, -0.2) is 34.9 Å². The van der Waals surface area contributed by atoms with Crippen molar-refractivity contribution < 1.29 is 9.59 Å². The van der Waals surface area contributed by atoms with E-state index in [9.17, 15) is 9.59 Å². The molecule has 0 radical (unpaired) electrons. The summed E-state index contributed by atoms with van der Waals surface area (Å²) in [6, 6.07) is 8.59. The van der Waals surface area contributed by atoms with Crippen LogP contribution >= 0.6 is 11.8 Å². The average molecular weight is 261 g/mol. The van der Waals surface area contributed by atoms with Crippen molar-refractivity contribution in [3.63, 3.8) is 0 Å². The summed E-state index contributed by atoms with van der Waals surface area (Å²) in [6.45, 7) is 0.0752. The van der Waals surface area contributed by atoms with Gasteiger partial charge in [-0.25, -0.2) is 0 Å². The fourth-order valence-corrected chi connectivity index (χ4v) is 2.45. The monoisotopic (exact) mass is 261 g/mol. The summed E-state index contributed by atoms with van der Waals surface area (Å²) in [5, 5.41) is 11.3. The van der Waals surface area contributed by atoms with Crippen LogP contribution in [0.1, 0.15) is 5.56 Å². The molecule has 6 heteroatoms. The van der Waals surface area contributed by atoms with Gasteiger partial charge in [0.15, 0.2) is 0 Å². The van der Waals surface area contributed by atoms with Crippen molar-refractivity contribution in [1.29, 1.82) is 5.26 Å². The second-order valence-electron chi connectivity index (χ2n) is 3.81. The zero-order valence-electron chi connectivity index (χ0n) is 9.55. The van der Waals surface area contributed by atoms with Crippen LogP contribution in [0, 0.1) is 11.3 Å². The van der Waals surface area contributed by atoms with Crippen LogP contribution in [0.15, 0.2) is 24.3 Å². The molecule has 0 spiro atoms. The van der Waals surface area contributed by atoms with Gasteiger partial charge in [0.1, 0.15) is 6.54 Å². The van der Waals surface area contributed by atoms with Crippen LogP contribution in [0.25, 0.3) is 0 Å². The molecule has 0 aliphatic carbocycles. The van der Waals surface area contributed by atoms with Crippen molar-refractivity contribution in [1.82, 2.24) is 4.90 Å².